The Labute approximate surface area is 490 Å². The minimum absolute atomic E-state index is 0.0790. The van der Waals surface area contributed by atoms with Crippen LogP contribution in [0.2, 0.25) is 0 Å². The van der Waals surface area contributed by atoms with E-state index in [9.17, 15) is 79.2 Å². The molecule has 4 aromatic heterocycles. The van der Waals surface area contributed by atoms with E-state index in [2.05, 4.69) is 0 Å². The predicted octanol–water partition coefficient (Wildman–Crippen LogP) is 13.3. The van der Waals surface area contributed by atoms with Gasteiger partial charge in [0, 0.05) is 65.8 Å². The van der Waals surface area contributed by atoms with Crippen LogP contribution in [0.1, 0.15) is 82.9 Å². The SMILES string of the molecule is O=C(O)c1ccc2c(c1)c1cc(C(=O)O)ccc1n2-c1cc(-c2cc(-n3c4ccc(C(=O)O)cc4c4cc(C(=O)O)ccc43)cc(-n3c4ccc(C(=O)O)cc4c4cc(C(=O)O)ccc43)c2)cc(-n2c3ccc(C(=O)O)cc3c3cc(C(=O)O)ccc32)c1. The molecular weight excluding hydrogens is 1130 g/mol. The minimum Gasteiger partial charge on any atom is -0.478 e. The molecule has 0 aliphatic carbocycles. The van der Waals surface area contributed by atoms with Crippen molar-refractivity contribution in [2.24, 2.45) is 0 Å². The van der Waals surface area contributed by atoms with Crippen molar-refractivity contribution in [1.29, 1.82) is 0 Å². The van der Waals surface area contributed by atoms with Crippen molar-refractivity contribution in [1.82, 2.24) is 18.3 Å². The Morgan fingerprint density at radius 3 is 0.455 bits per heavy atom. The molecule has 0 saturated carbocycles. The largest absolute Gasteiger partial charge is 0.478 e. The van der Waals surface area contributed by atoms with Crippen LogP contribution in [-0.4, -0.2) is 107 Å². The van der Waals surface area contributed by atoms with Crippen LogP contribution in [0.5, 0.6) is 0 Å². The Balaban J connectivity index is 1.15. The number of benzene rings is 10. The lowest BCUT2D eigenvalue weighted by Crippen LogP contribution is -2.03. The van der Waals surface area contributed by atoms with Crippen molar-refractivity contribution in [3.05, 3.63) is 226 Å². The van der Waals surface area contributed by atoms with Gasteiger partial charge in [-0.3, -0.25) is 0 Å². The summed E-state index contributed by atoms with van der Waals surface area (Å²) in [6.07, 6.45) is 0. The van der Waals surface area contributed by atoms with Crippen LogP contribution >= 0.6 is 0 Å². The second kappa shape index (κ2) is 19.4. The van der Waals surface area contributed by atoms with E-state index in [1.807, 2.05) is 54.7 Å². The highest BCUT2D eigenvalue weighted by atomic mass is 16.4. The van der Waals surface area contributed by atoms with E-state index in [4.69, 9.17) is 0 Å². The average Bonchev–Trinajstić information content (AvgIpc) is 1.94. The molecule has 20 nitrogen and oxygen atoms in total. The maximum absolute atomic E-state index is 12.6. The quantitative estimate of drug-likeness (QED) is 0.0532. The van der Waals surface area contributed by atoms with Gasteiger partial charge in [0.05, 0.1) is 88.6 Å². The fourth-order valence-electron chi connectivity index (χ4n) is 12.3. The number of aromatic carboxylic acids is 8. The molecule has 0 bridgehead atoms. The van der Waals surface area contributed by atoms with E-state index in [0.29, 0.717) is 121 Å². The van der Waals surface area contributed by atoms with E-state index >= 15 is 0 Å². The van der Waals surface area contributed by atoms with Crippen molar-refractivity contribution in [3.8, 4) is 33.9 Å². The summed E-state index contributed by atoms with van der Waals surface area (Å²) in [5, 5.41) is 85.0. The maximum atomic E-state index is 12.6. The zero-order valence-corrected chi connectivity index (χ0v) is 45.0. The van der Waals surface area contributed by atoms with Gasteiger partial charge in [-0.15, -0.1) is 0 Å². The van der Waals surface area contributed by atoms with Crippen molar-refractivity contribution in [2.75, 3.05) is 0 Å². The van der Waals surface area contributed by atoms with Crippen molar-refractivity contribution >= 4 is 135 Å². The number of carboxylic acid groups (broad SMARTS) is 8. The molecule has 0 amide bonds. The standard InChI is InChI=1S/C68H38N4O16/c73-61(74)31-1-9-53-45(21-31)46-22-32(62(75)76)2-10-54(46)69(53)41-17-39(18-42(29-41)70-55-11-3-33(63(77)78)23-47(55)48-24-34(64(79)80)4-12-56(48)70)40-19-43(71-57-13-5-35(65(81)82)25-49(57)50-26-36(66(83)84)6-14-58(50)71)30-44(20-40)72-59-15-7-37(67(85)86)27-51(59)52-28-38(68(87)88)8-16-60(52)72/h1-30H,(H,73,74)(H,75,76)(H,77,78)(H,79,80)(H,81,82)(H,83,84)(H,85,86)(H,87,88). The second-order valence-corrected chi connectivity index (χ2v) is 21.1. The fourth-order valence-corrected chi connectivity index (χ4v) is 12.3. The third-order valence-corrected chi connectivity index (χ3v) is 16.2. The van der Waals surface area contributed by atoms with E-state index in [0.717, 1.165) is 0 Å². The van der Waals surface area contributed by atoms with E-state index in [1.165, 1.54) is 97.1 Å². The summed E-state index contributed by atoms with van der Waals surface area (Å²) in [7, 11) is 0. The van der Waals surface area contributed by atoms with Crippen LogP contribution in [0, 0.1) is 0 Å². The lowest BCUT2D eigenvalue weighted by molar-refractivity contribution is 0.0686. The normalized spacial score (nSPS) is 11.7. The van der Waals surface area contributed by atoms with Gasteiger partial charge in [0.1, 0.15) is 0 Å². The van der Waals surface area contributed by atoms with Gasteiger partial charge in [0.2, 0.25) is 0 Å². The number of carbonyl (C=O) groups is 8. The van der Waals surface area contributed by atoms with E-state index in [-0.39, 0.29) is 44.5 Å². The van der Waals surface area contributed by atoms with Crippen molar-refractivity contribution in [3.63, 3.8) is 0 Å². The lowest BCUT2D eigenvalue weighted by Gasteiger charge is -2.19. The zero-order chi connectivity index (χ0) is 61.5. The summed E-state index contributed by atoms with van der Waals surface area (Å²) < 4.78 is 7.33. The summed E-state index contributed by atoms with van der Waals surface area (Å²) in [5.74, 6) is -9.88. The molecule has 88 heavy (non-hydrogen) atoms. The number of rotatable bonds is 13. The molecule has 0 spiro atoms. The Bertz CT molecular complexity index is 4660. The number of nitrogens with zero attached hydrogens (tertiary/aromatic N) is 4. The molecule has 8 N–H and O–H groups in total. The lowest BCUT2D eigenvalue weighted by atomic mass is 10.0. The Morgan fingerprint density at radius 1 is 0.193 bits per heavy atom. The Hall–Kier alpha value is -12.8. The molecule has 14 aromatic rings. The monoisotopic (exact) mass is 1170 g/mol. The zero-order valence-electron chi connectivity index (χ0n) is 45.0. The van der Waals surface area contributed by atoms with Crippen LogP contribution in [0.25, 0.3) is 121 Å². The van der Waals surface area contributed by atoms with Crippen LogP contribution in [0.3, 0.4) is 0 Å². The van der Waals surface area contributed by atoms with Crippen LogP contribution < -0.4 is 0 Å². The molecule has 0 aliphatic rings. The number of hydrogen-bond donors (Lipinski definition) is 8. The number of fused-ring (bicyclic) bond motifs is 12. The highest BCUT2D eigenvalue weighted by Gasteiger charge is 2.25. The van der Waals surface area contributed by atoms with Gasteiger partial charge in [-0.1, -0.05) is 0 Å². The van der Waals surface area contributed by atoms with Crippen LogP contribution in [0.15, 0.2) is 182 Å². The molecule has 0 saturated heterocycles. The first-order valence-corrected chi connectivity index (χ1v) is 26.7. The summed E-state index contributed by atoms with van der Waals surface area (Å²) in [6.45, 7) is 0. The van der Waals surface area contributed by atoms with Gasteiger partial charge in [-0.25, -0.2) is 38.4 Å². The molecule has 0 fully saturated rings. The van der Waals surface area contributed by atoms with Gasteiger partial charge in [0.15, 0.2) is 0 Å². The summed E-state index contributed by atoms with van der Waals surface area (Å²) in [6, 6.07) is 46.8. The van der Waals surface area contributed by atoms with Gasteiger partial charge in [-0.05, 0) is 193 Å². The number of aromatic nitrogens is 4. The first kappa shape index (κ1) is 53.2. The third-order valence-electron chi connectivity index (χ3n) is 16.2. The fraction of sp³-hybridized carbons (Fsp3) is 0. The van der Waals surface area contributed by atoms with E-state index in [1.54, 1.807) is 48.5 Å². The summed E-state index contributed by atoms with van der Waals surface area (Å²) in [5.41, 5.74) is 5.61. The van der Waals surface area contributed by atoms with Gasteiger partial charge in [0.25, 0.3) is 0 Å². The second-order valence-electron chi connectivity index (χ2n) is 21.1. The Morgan fingerprint density at radius 2 is 0.330 bits per heavy atom. The molecule has 0 radical (unpaired) electrons. The van der Waals surface area contributed by atoms with Gasteiger partial charge in [-0.2, -0.15) is 0 Å². The van der Waals surface area contributed by atoms with Crippen LogP contribution in [-0.2, 0) is 0 Å². The highest BCUT2D eigenvalue weighted by Crippen LogP contribution is 2.43. The first-order chi connectivity index (χ1) is 42.2. The molecule has 0 aliphatic heterocycles. The van der Waals surface area contributed by atoms with Crippen molar-refractivity contribution < 1.29 is 79.2 Å². The minimum atomic E-state index is -1.23. The molecule has 0 unspecified atom stereocenters. The van der Waals surface area contributed by atoms with Gasteiger partial charge >= 0.3 is 47.8 Å². The first-order valence-electron chi connectivity index (χ1n) is 26.7. The van der Waals surface area contributed by atoms with Gasteiger partial charge < -0.3 is 59.1 Å². The molecule has 10 aromatic carbocycles. The summed E-state index contributed by atoms with van der Waals surface area (Å²) >= 11 is 0. The molecular formula is C68H38N4O16. The molecule has 4 heterocycles. The van der Waals surface area contributed by atoms with E-state index < -0.39 is 47.8 Å². The third kappa shape index (κ3) is 8.23. The molecule has 0 atom stereocenters. The Kier molecular flexibility index (Phi) is 11.7. The molecule has 14 rings (SSSR count). The molecule has 426 valence electrons. The number of hydrogen-bond acceptors (Lipinski definition) is 8. The van der Waals surface area contributed by atoms with Crippen LogP contribution in [0.4, 0.5) is 0 Å². The smallest absolute Gasteiger partial charge is 0.335 e. The molecule has 20 heteroatoms. The van der Waals surface area contributed by atoms with Crippen molar-refractivity contribution in [2.45, 2.75) is 0 Å². The maximum Gasteiger partial charge on any atom is 0.335 e. The average molecular weight is 1170 g/mol. The topological polar surface area (TPSA) is 318 Å². The highest BCUT2D eigenvalue weighted by molar-refractivity contribution is 6.17. The summed E-state index contributed by atoms with van der Waals surface area (Å²) in [4.78, 5) is 100. The predicted molar refractivity (Wildman–Crippen MR) is 325 cm³/mol. The number of carboxylic acids is 8.